The number of amides is 1. The first-order valence-corrected chi connectivity index (χ1v) is 5.29. The Balaban J connectivity index is 3.14. The second-order valence-electron chi connectivity index (χ2n) is 3.45. The summed E-state index contributed by atoms with van der Waals surface area (Å²) in [6.45, 7) is 8.56. The van der Waals surface area contributed by atoms with Crippen molar-refractivity contribution in [3.8, 4) is 0 Å². The van der Waals surface area contributed by atoms with Gasteiger partial charge in [0.05, 0.1) is 0 Å². The minimum absolute atomic E-state index is 0.0734. The molecule has 3 nitrogen and oxygen atoms in total. The van der Waals surface area contributed by atoms with Gasteiger partial charge in [-0.05, 0) is 39.1 Å². The van der Waals surface area contributed by atoms with E-state index in [-0.39, 0.29) is 5.91 Å². The van der Waals surface area contributed by atoms with E-state index in [1.54, 1.807) is 0 Å². The Kier molecular flexibility index (Phi) is 8.24. The summed E-state index contributed by atoms with van der Waals surface area (Å²) >= 11 is 0. The number of nitrogens with one attached hydrogen (secondary N) is 1. The van der Waals surface area contributed by atoms with Crippen LogP contribution in [0.5, 0.6) is 0 Å². The van der Waals surface area contributed by atoms with Gasteiger partial charge in [-0.2, -0.15) is 0 Å². The fourth-order valence-corrected chi connectivity index (χ4v) is 1.13. The predicted octanol–water partition coefficient (Wildman–Crippen LogP) is 1.41. The minimum Gasteiger partial charge on any atom is -0.353 e. The van der Waals surface area contributed by atoms with Gasteiger partial charge in [0.15, 0.2) is 0 Å². The zero-order chi connectivity index (χ0) is 10.8. The molecule has 0 aromatic rings. The van der Waals surface area contributed by atoms with Gasteiger partial charge < -0.3 is 10.2 Å². The molecule has 1 N–H and O–H groups in total. The molecular formula is C11H22N2O. The number of unbranched alkanes of at least 4 members (excludes halogenated alkanes) is 2. The zero-order valence-corrected chi connectivity index (χ0v) is 9.38. The molecule has 0 saturated carbocycles. The number of hydrogen-bond donors (Lipinski definition) is 1. The molecule has 0 aliphatic heterocycles. The van der Waals surface area contributed by atoms with E-state index < -0.39 is 0 Å². The van der Waals surface area contributed by atoms with Crippen LogP contribution in [0.4, 0.5) is 0 Å². The van der Waals surface area contributed by atoms with Crippen LogP contribution in [0.25, 0.3) is 0 Å². The SMILES string of the molecule is C=CC(=O)NCCCCCN(C)CC. The molecular weight excluding hydrogens is 176 g/mol. The van der Waals surface area contributed by atoms with Crippen molar-refractivity contribution in [3.05, 3.63) is 12.7 Å². The van der Waals surface area contributed by atoms with Crippen LogP contribution in [0.1, 0.15) is 26.2 Å². The van der Waals surface area contributed by atoms with E-state index in [1.165, 1.54) is 18.9 Å². The van der Waals surface area contributed by atoms with Gasteiger partial charge in [0, 0.05) is 6.54 Å². The van der Waals surface area contributed by atoms with Crippen molar-refractivity contribution in [3.63, 3.8) is 0 Å². The Morgan fingerprint density at radius 2 is 2.14 bits per heavy atom. The van der Waals surface area contributed by atoms with Gasteiger partial charge in [-0.1, -0.05) is 19.9 Å². The molecule has 0 aromatic heterocycles. The Hall–Kier alpha value is -0.830. The van der Waals surface area contributed by atoms with Crippen LogP contribution in [0.2, 0.25) is 0 Å². The maximum atomic E-state index is 10.8. The lowest BCUT2D eigenvalue weighted by molar-refractivity contribution is -0.116. The molecule has 0 aliphatic carbocycles. The molecule has 0 bridgehead atoms. The molecule has 82 valence electrons. The molecule has 1 amide bonds. The lowest BCUT2D eigenvalue weighted by Crippen LogP contribution is -2.22. The quantitative estimate of drug-likeness (QED) is 0.472. The van der Waals surface area contributed by atoms with Gasteiger partial charge in [-0.3, -0.25) is 4.79 Å². The average Bonchev–Trinajstić information content (AvgIpc) is 2.22. The van der Waals surface area contributed by atoms with Crippen molar-refractivity contribution >= 4 is 5.91 Å². The Labute approximate surface area is 87.2 Å². The molecule has 0 saturated heterocycles. The maximum Gasteiger partial charge on any atom is 0.243 e. The van der Waals surface area contributed by atoms with Crippen LogP contribution in [0.15, 0.2) is 12.7 Å². The normalized spacial score (nSPS) is 10.2. The third-order valence-corrected chi connectivity index (χ3v) is 2.24. The first-order chi connectivity index (χ1) is 6.70. The van der Waals surface area contributed by atoms with Crippen LogP contribution in [-0.4, -0.2) is 37.5 Å². The molecule has 14 heavy (non-hydrogen) atoms. The van der Waals surface area contributed by atoms with Crippen LogP contribution in [-0.2, 0) is 4.79 Å². The molecule has 0 unspecified atom stereocenters. The molecule has 0 fully saturated rings. The van der Waals surface area contributed by atoms with E-state index in [4.69, 9.17) is 0 Å². The largest absolute Gasteiger partial charge is 0.353 e. The van der Waals surface area contributed by atoms with Crippen LogP contribution < -0.4 is 5.32 Å². The zero-order valence-electron chi connectivity index (χ0n) is 9.38. The second kappa shape index (κ2) is 8.75. The highest BCUT2D eigenvalue weighted by Crippen LogP contribution is 1.96. The molecule has 0 aromatic carbocycles. The van der Waals surface area contributed by atoms with E-state index >= 15 is 0 Å². The number of rotatable bonds is 8. The molecule has 0 atom stereocenters. The van der Waals surface area contributed by atoms with E-state index in [0.717, 1.165) is 26.1 Å². The summed E-state index contributed by atoms with van der Waals surface area (Å²) in [5, 5.41) is 2.76. The van der Waals surface area contributed by atoms with Crippen LogP contribution >= 0.6 is 0 Å². The van der Waals surface area contributed by atoms with Gasteiger partial charge in [0.25, 0.3) is 0 Å². The standard InChI is InChI=1S/C11H22N2O/c1-4-11(14)12-9-7-6-8-10-13(3)5-2/h4H,1,5-10H2,2-3H3,(H,12,14). The summed E-state index contributed by atoms with van der Waals surface area (Å²) in [6, 6.07) is 0. The van der Waals surface area contributed by atoms with Gasteiger partial charge in [-0.25, -0.2) is 0 Å². The molecule has 0 radical (unpaired) electrons. The number of carbonyl (C=O) groups excluding carboxylic acids is 1. The van der Waals surface area contributed by atoms with Gasteiger partial charge >= 0.3 is 0 Å². The van der Waals surface area contributed by atoms with E-state index in [9.17, 15) is 4.79 Å². The van der Waals surface area contributed by atoms with Crippen LogP contribution in [0.3, 0.4) is 0 Å². The Bertz CT molecular complexity index is 169. The lowest BCUT2D eigenvalue weighted by Gasteiger charge is -2.12. The van der Waals surface area contributed by atoms with Crippen LogP contribution in [0, 0.1) is 0 Å². The monoisotopic (exact) mass is 198 g/mol. The van der Waals surface area contributed by atoms with Crippen molar-refractivity contribution in [1.29, 1.82) is 0 Å². The Morgan fingerprint density at radius 3 is 2.71 bits per heavy atom. The summed E-state index contributed by atoms with van der Waals surface area (Å²) in [5.74, 6) is -0.0734. The predicted molar refractivity (Wildman–Crippen MR) is 60.2 cm³/mol. The van der Waals surface area contributed by atoms with Gasteiger partial charge in [0.2, 0.25) is 5.91 Å². The smallest absolute Gasteiger partial charge is 0.243 e. The molecule has 0 heterocycles. The van der Waals surface area contributed by atoms with Gasteiger partial charge in [-0.15, -0.1) is 0 Å². The van der Waals surface area contributed by atoms with E-state index in [0.29, 0.717) is 0 Å². The first-order valence-electron chi connectivity index (χ1n) is 5.29. The van der Waals surface area contributed by atoms with Crippen molar-refractivity contribution in [2.75, 3.05) is 26.7 Å². The first kappa shape index (κ1) is 13.2. The maximum absolute atomic E-state index is 10.8. The highest BCUT2D eigenvalue weighted by molar-refractivity contribution is 5.86. The summed E-state index contributed by atoms with van der Waals surface area (Å²) in [4.78, 5) is 13.1. The number of nitrogens with zero attached hydrogens (tertiary/aromatic N) is 1. The average molecular weight is 198 g/mol. The topological polar surface area (TPSA) is 32.3 Å². The summed E-state index contributed by atoms with van der Waals surface area (Å²) in [7, 11) is 2.12. The third kappa shape index (κ3) is 7.80. The van der Waals surface area contributed by atoms with Crippen molar-refractivity contribution in [2.45, 2.75) is 26.2 Å². The number of hydrogen-bond acceptors (Lipinski definition) is 2. The fourth-order valence-electron chi connectivity index (χ4n) is 1.13. The minimum atomic E-state index is -0.0734. The molecule has 0 spiro atoms. The fraction of sp³-hybridized carbons (Fsp3) is 0.727. The summed E-state index contributed by atoms with van der Waals surface area (Å²) < 4.78 is 0. The Morgan fingerprint density at radius 1 is 1.43 bits per heavy atom. The van der Waals surface area contributed by atoms with Crippen molar-refractivity contribution < 1.29 is 4.79 Å². The molecule has 0 rings (SSSR count). The van der Waals surface area contributed by atoms with Gasteiger partial charge in [0.1, 0.15) is 0 Å². The molecule has 0 aliphatic rings. The summed E-state index contributed by atoms with van der Waals surface area (Å²) in [6.07, 6.45) is 4.73. The van der Waals surface area contributed by atoms with E-state index in [1.807, 2.05) is 0 Å². The highest BCUT2D eigenvalue weighted by atomic mass is 16.1. The number of carbonyl (C=O) groups is 1. The molecule has 3 heteroatoms. The van der Waals surface area contributed by atoms with Crippen molar-refractivity contribution in [1.82, 2.24) is 10.2 Å². The lowest BCUT2D eigenvalue weighted by atomic mass is 10.2. The second-order valence-corrected chi connectivity index (χ2v) is 3.45. The van der Waals surface area contributed by atoms with E-state index in [2.05, 4.69) is 30.8 Å². The third-order valence-electron chi connectivity index (χ3n) is 2.24. The van der Waals surface area contributed by atoms with Crippen molar-refractivity contribution in [2.24, 2.45) is 0 Å². The highest BCUT2D eigenvalue weighted by Gasteiger charge is 1.95. The summed E-state index contributed by atoms with van der Waals surface area (Å²) in [5.41, 5.74) is 0.